The van der Waals surface area contributed by atoms with Crippen LogP contribution in [0.2, 0.25) is 5.02 Å². The van der Waals surface area contributed by atoms with Gasteiger partial charge in [0, 0.05) is 25.4 Å². The highest BCUT2D eigenvalue weighted by Gasteiger charge is 2.31. The van der Waals surface area contributed by atoms with Crippen LogP contribution in [-0.4, -0.2) is 18.1 Å². The molecule has 0 spiro atoms. The number of aromatic nitrogens is 1. The molecular formula is C14H14Cl2F3N4. The molecule has 2 aromatic rings. The monoisotopic (exact) mass is 365 g/mol. The Balaban J connectivity index is 0.00000264. The van der Waals surface area contributed by atoms with Gasteiger partial charge in [0.05, 0.1) is 10.6 Å². The molecule has 0 amide bonds. The molecule has 23 heavy (non-hydrogen) atoms. The van der Waals surface area contributed by atoms with Crippen LogP contribution in [0.4, 0.5) is 30.4 Å². The average Bonchev–Trinajstić information content (AvgIpc) is 2.45. The Hall–Kier alpha value is -1.70. The maximum absolute atomic E-state index is 12.5. The van der Waals surface area contributed by atoms with Gasteiger partial charge in [-0.2, -0.15) is 18.9 Å². The molecule has 9 heteroatoms. The van der Waals surface area contributed by atoms with Crippen molar-refractivity contribution in [3.05, 3.63) is 47.1 Å². The zero-order chi connectivity index (χ0) is 16.2. The lowest BCUT2D eigenvalue weighted by atomic mass is 10.2. The summed E-state index contributed by atoms with van der Waals surface area (Å²) < 4.78 is 37.5. The number of nitrogens with two attached hydrogens (primary N) is 1. The molecule has 1 aromatic carbocycles. The minimum atomic E-state index is -4.46. The van der Waals surface area contributed by atoms with Crippen molar-refractivity contribution >= 4 is 28.8 Å². The predicted octanol–water partition coefficient (Wildman–Crippen LogP) is -0.0590. The van der Waals surface area contributed by atoms with Crippen LogP contribution in [0, 0.1) is 0 Å². The third-order valence-electron chi connectivity index (χ3n) is 2.86. The van der Waals surface area contributed by atoms with Crippen molar-refractivity contribution in [3.8, 4) is 0 Å². The minimum absolute atomic E-state index is 0. The lowest BCUT2D eigenvalue weighted by molar-refractivity contribution is -0.253. The zero-order valence-corrected chi connectivity index (χ0v) is 13.3. The summed E-state index contributed by atoms with van der Waals surface area (Å²) in [6, 6.07) is 8.12. The van der Waals surface area contributed by atoms with Crippen LogP contribution in [0.15, 0.2) is 36.5 Å². The number of hydrogen-bond donors (Lipinski definition) is 3. The molecule has 2 rings (SSSR count). The Morgan fingerprint density at radius 3 is 2.39 bits per heavy atom. The van der Waals surface area contributed by atoms with Crippen LogP contribution in [0.1, 0.15) is 5.56 Å². The number of nitrogen functional groups attached to an aromatic ring is 1. The molecule has 0 unspecified atom stereocenters. The summed E-state index contributed by atoms with van der Waals surface area (Å²) >= 11 is 5.79. The van der Waals surface area contributed by atoms with E-state index >= 15 is 0 Å². The van der Waals surface area contributed by atoms with E-state index in [-0.39, 0.29) is 23.2 Å². The number of nitrogens with zero attached hydrogens (tertiary/aromatic N) is 1. The van der Waals surface area contributed by atoms with Gasteiger partial charge in [-0.15, -0.1) is 0 Å². The van der Waals surface area contributed by atoms with Gasteiger partial charge in [-0.25, -0.2) is 4.98 Å². The highest BCUT2D eigenvalue weighted by Crippen LogP contribution is 2.32. The normalized spacial score (nSPS) is 10.8. The van der Waals surface area contributed by atoms with E-state index in [4.69, 9.17) is 17.3 Å². The smallest absolute Gasteiger partial charge is 0.417 e. The third kappa shape index (κ3) is 5.46. The molecule has 0 aliphatic heterocycles. The first-order valence-electron chi connectivity index (χ1n) is 6.43. The molecule has 4 N–H and O–H groups in total. The van der Waals surface area contributed by atoms with E-state index in [1.165, 1.54) is 0 Å². The molecule has 1 heterocycles. The number of halogens is 5. The fourth-order valence-electron chi connectivity index (χ4n) is 1.76. The van der Waals surface area contributed by atoms with Gasteiger partial charge in [-0.05, 0) is 12.1 Å². The van der Waals surface area contributed by atoms with Gasteiger partial charge in [0.15, 0.2) is 5.69 Å². The Kier molecular flexibility index (Phi) is 6.93. The molecule has 0 aliphatic carbocycles. The summed E-state index contributed by atoms with van der Waals surface area (Å²) in [5.74, 6) is 0.206. The minimum Gasteiger partial charge on any atom is -1.00 e. The van der Waals surface area contributed by atoms with Crippen molar-refractivity contribution in [2.45, 2.75) is 6.18 Å². The molecular weight excluding hydrogens is 352 g/mol. The molecule has 0 atom stereocenters. The number of pyridine rings is 1. The van der Waals surface area contributed by atoms with Gasteiger partial charge in [-0.1, -0.05) is 23.7 Å². The number of benzene rings is 1. The fraction of sp³-hybridized carbons (Fsp3) is 0.214. The molecule has 0 fully saturated rings. The third-order valence-corrected chi connectivity index (χ3v) is 3.15. The van der Waals surface area contributed by atoms with Crippen LogP contribution in [0.5, 0.6) is 0 Å². The molecule has 0 bridgehead atoms. The number of nitrogens with one attached hydrogen (secondary N) is 2. The van der Waals surface area contributed by atoms with E-state index in [1.807, 2.05) is 18.2 Å². The number of rotatable bonds is 5. The lowest BCUT2D eigenvalue weighted by Crippen LogP contribution is -3.00. The first-order valence-corrected chi connectivity index (χ1v) is 6.80. The lowest BCUT2D eigenvalue weighted by Gasteiger charge is -2.11. The number of alkyl halides is 3. The van der Waals surface area contributed by atoms with Gasteiger partial charge in [0.2, 0.25) is 0 Å². The second-order valence-electron chi connectivity index (χ2n) is 4.49. The summed E-state index contributed by atoms with van der Waals surface area (Å²) in [4.78, 5) is 3.69. The molecule has 4 nitrogen and oxygen atoms in total. The van der Waals surface area contributed by atoms with Crippen LogP contribution < -0.4 is 28.8 Å². The second-order valence-corrected chi connectivity index (χ2v) is 4.90. The Bertz CT molecular complexity index is 650. The topological polar surface area (TPSA) is 62.2 Å². The van der Waals surface area contributed by atoms with E-state index < -0.39 is 11.7 Å². The van der Waals surface area contributed by atoms with Crippen molar-refractivity contribution in [2.75, 3.05) is 23.7 Å². The summed E-state index contributed by atoms with van der Waals surface area (Å²) in [5, 5.41) is 5.89. The van der Waals surface area contributed by atoms with Crippen molar-refractivity contribution < 1.29 is 31.3 Å². The van der Waals surface area contributed by atoms with Gasteiger partial charge in [0.25, 0.3) is 0 Å². The van der Waals surface area contributed by atoms with E-state index in [0.717, 1.165) is 18.0 Å². The van der Waals surface area contributed by atoms with Gasteiger partial charge in [0.1, 0.15) is 11.5 Å². The van der Waals surface area contributed by atoms with Crippen molar-refractivity contribution in [3.63, 3.8) is 0 Å². The van der Waals surface area contributed by atoms with E-state index in [1.54, 1.807) is 6.07 Å². The first-order chi connectivity index (χ1) is 10.4. The Labute approximate surface area is 142 Å². The van der Waals surface area contributed by atoms with E-state index in [9.17, 15) is 13.2 Å². The Morgan fingerprint density at radius 1 is 1.13 bits per heavy atom. The van der Waals surface area contributed by atoms with Crippen molar-refractivity contribution in [2.24, 2.45) is 0 Å². The van der Waals surface area contributed by atoms with Crippen LogP contribution in [0.25, 0.3) is 0 Å². The van der Waals surface area contributed by atoms with Crippen LogP contribution >= 0.6 is 11.6 Å². The largest absolute Gasteiger partial charge is 1.00 e. The molecule has 0 aliphatic rings. The zero-order valence-electron chi connectivity index (χ0n) is 11.8. The first kappa shape index (κ1) is 19.3. The van der Waals surface area contributed by atoms with Gasteiger partial charge in [-0.3, -0.25) is 0 Å². The summed E-state index contributed by atoms with van der Waals surface area (Å²) in [6.07, 6.45) is -3.71. The molecule has 1 radical (unpaired) electrons. The SMILES string of the molecule is [Cl-].[NH2+]c1ccccc1NCCNc1ncc(C(F)(F)F)cc1Cl. The quantitative estimate of drug-likeness (QED) is 0.514. The van der Waals surface area contributed by atoms with Crippen LogP contribution in [-0.2, 0) is 6.18 Å². The van der Waals surface area contributed by atoms with E-state index in [0.29, 0.717) is 18.8 Å². The highest BCUT2D eigenvalue weighted by atomic mass is 35.5. The highest BCUT2D eigenvalue weighted by molar-refractivity contribution is 6.32. The molecule has 0 saturated heterocycles. The predicted molar refractivity (Wildman–Crippen MR) is 79.3 cm³/mol. The number of anilines is 3. The maximum Gasteiger partial charge on any atom is 0.417 e. The summed E-state index contributed by atoms with van der Waals surface area (Å²) in [5.41, 5.74) is 6.30. The summed E-state index contributed by atoms with van der Waals surface area (Å²) in [7, 11) is 0. The van der Waals surface area contributed by atoms with Gasteiger partial charge < -0.3 is 23.0 Å². The molecule has 0 saturated carbocycles. The standard InChI is InChI=1S/C14H14ClF3N4.ClH/c15-10-7-9(14(16,17)18)8-22-13(10)21-6-5-20-12-4-2-1-3-11(12)19;/h1-4,7-8,20H,5-6,19H2,(H,21,22);1H/q+1;/p-1. The molecule has 1 aromatic heterocycles. The molecule has 125 valence electrons. The maximum atomic E-state index is 12.5. The van der Waals surface area contributed by atoms with Crippen molar-refractivity contribution in [1.29, 1.82) is 0 Å². The van der Waals surface area contributed by atoms with Gasteiger partial charge >= 0.3 is 6.18 Å². The van der Waals surface area contributed by atoms with Crippen molar-refractivity contribution in [1.82, 2.24) is 4.98 Å². The second kappa shape index (κ2) is 8.24. The van der Waals surface area contributed by atoms with E-state index in [2.05, 4.69) is 15.6 Å². The number of hydrogen-bond acceptors (Lipinski definition) is 4. The fourth-order valence-corrected chi connectivity index (χ4v) is 1.99. The summed E-state index contributed by atoms with van der Waals surface area (Å²) in [6.45, 7) is 0.930. The number of para-hydroxylation sites is 2. The van der Waals surface area contributed by atoms with Crippen LogP contribution in [0.3, 0.4) is 0 Å². The Morgan fingerprint density at radius 2 is 1.78 bits per heavy atom. The average molecular weight is 366 g/mol.